The molecule has 1 aromatic rings. The Balaban J connectivity index is 2.62. The summed E-state index contributed by atoms with van der Waals surface area (Å²) < 4.78 is 21.7. The van der Waals surface area contributed by atoms with Gasteiger partial charge in [0.1, 0.15) is 18.0 Å². The number of nitrogens with two attached hydrogens (primary N) is 1. The molecule has 0 aliphatic carbocycles. The van der Waals surface area contributed by atoms with E-state index in [2.05, 4.69) is 84.6 Å². The molecule has 0 unspecified atom stereocenters. The van der Waals surface area contributed by atoms with Crippen LogP contribution in [0.25, 0.3) is 0 Å². The van der Waals surface area contributed by atoms with Crippen LogP contribution in [-0.2, 0) is 13.6 Å². The SMILES string of the molecule is CCC#Cc1cn([C@@H]2O[C@H](C)[C@@H](O[Si](C)(C)C(C)(C)C)[C@H]2O[Si](C)(C)C(C)(C)C)c(=O)nc1N. The lowest BCUT2D eigenvalue weighted by molar-refractivity contribution is -0.0310. The van der Waals surface area contributed by atoms with Crippen LogP contribution >= 0.6 is 0 Å². The highest BCUT2D eigenvalue weighted by Gasteiger charge is 2.53. The van der Waals surface area contributed by atoms with Crippen molar-refractivity contribution in [2.45, 2.75) is 123 Å². The Hall–Kier alpha value is -1.45. The number of ether oxygens (including phenoxy) is 1. The topological polar surface area (TPSA) is 88.6 Å². The molecular weight excluding hydrogens is 462 g/mol. The number of hydrogen-bond acceptors (Lipinski definition) is 6. The highest BCUT2D eigenvalue weighted by molar-refractivity contribution is 6.74. The maximum atomic E-state index is 13.0. The number of aromatic nitrogens is 2. The van der Waals surface area contributed by atoms with E-state index < -0.39 is 34.7 Å². The van der Waals surface area contributed by atoms with E-state index in [1.807, 2.05) is 13.8 Å². The molecule has 0 amide bonds. The summed E-state index contributed by atoms with van der Waals surface area (Å²) in [5.74, 6) is 6.15. The minimum atomic E-state index is -2.23. The van der Waals surface area contributed by atoms with Gasteiger partial charge in [0.15, 0.2) is 22.9 Å². The molecule has 1 fully saturated rings. The van der Waals surface area contributed by atoms with Gasteiger partial charge in [-0.05, 0) is 43.2 Å². The monoisotopic (exact) mass is 507 g/mol. The van der Waals surface area contributed by atoms with Gasteiger partial charge in [0.25, 0.3) is 0 Å². The predicted molar refractivity (Wildman–Crippen MR) is 144 cm³/mol. The Bertz CT molecular complexity index is 997. The Morgan fingerprint density at radius 1 is 1.06 bits per heavy atom. The van der Waals surface area contributed by atoms with Crippen molar-refractivity contribution in [3.63, 3.8) is 0 Å². The van der Waals surface area contributed by atoms with Crippen LogP contribution in [0.5, 0.6) is 0 Å². The van der Waals surface area contributed by atoms with Crippen LogP contribution in [-0.4, -0.2) is 44.5 Å². The zero-order valence-electron chi connectivity index (χ0n) is 23.2. The fourth-order valence-corrected chi connectivity index (χ4v) is 5.94. The molecule has 1 aromatic heterocycles. The summed E-state index contributed by atoms with van der Waals surface area (Å²) >= 11 is 0. The summed E-state index contributed by atoms with van der Waals surface area (Å²) in [4.78, 5) is 17.0. The Labute approximate surface area is 208 Å². The summed E-state index contributed by atoms with van der Waals surface area (Å²) in [5.41, 5.74) is 6.03. The molecule has 0 saturated carbocycles. The van der Waals surface area contributed by atoms with E-state index in [0.29, 0.717) is 12.0 Å². The van der Waals surface area contributed by atoms with Crippen LogP contribution in [0.3, 0.4) is 0 Å². The van der Waals surface area contributed by atoms with Gasteiger partial charge in [-0.1, -0.05) is 60.3 Å². The molecule has 0 spiro atoms. The van der Waals surface area contributed by atoms with Crippen LogP contribution in [0.2, 0.25) is 36.3 Å². The van der Waals surface area contributed by atoms with Crippen molar-refractivity contribution >= 4 is 22.5 Å². The molecule has 1 aliphatic heterocycles. The normalized spacial score (nSPS) is 24.1. The van der Waals surface area contributed by atoms with Crippen LogP contribution in [0.15, 0.2) is 11.0 Å². The van der Waals surface area contributed by atoms with Gasteiger partial charge >= 0.3 is 5.69 Å². The Kier molecular flexibility index (Phi) is 8.38. The second-order valence-corrected chi connectivity index (χ2v) is 21.8. The van der Waals surface area contributed by atoms with Crippen molar-refractivity contribution in [3.8, 4) is 11.8 Å². The lowest BCUT2D eigenvalue weighted by atomic mass is 10.1. The lowest BCUT2D eigenvalue weighted by Crippen LogP contribution is -2.53. The molecule has 9 heteroatoms. The smallest absolute Gasteiger partial charge is 0.351 e. The molecule has 2 heterocycles. The molecule has 0 bridgehead atoms. The average Bonchev–Trinajstić information content (AvgIpc) is 2.94. The van der Waals surface area contributed by atoms with E-state index in [1.54, 1.807) is 6.20 Å². The fraction of sp³-hybridized carbons (Fsp3) is 0.760. The van der Waals surface area contributed by atoms with Gasteiger partial charge in [0, 0.05) is 12.6 Å². The molecular formula is C25H45N3O4Si2. The average molecular weight is 508 g/mol. The summed E-state index contributed by atoms with van der Waals surface area (Å²) in [6.07, 6.45) is 0.621. The predicted octanol–water partition coefficient (Wildman–Crippen LogP) is 5.29. The standard InChI is InChI=1S/C25H45N3O4Si2/c1-13-14-15-18-16-28(23(29)27-21(18)26)22-20(32-34(11,12)25(6,7)8)19(17(2)30-22)31-33(9,10)24(3,4)5/h16-17,19-20,22H,13H2,1-12H3,(H2,26,27,29)/t17-,19-,20-,22-/m1/s1. The fourth-order valence-electron chi connectivity index (χ4n) is 3.29. The molecule has 0 radical (unpaired) electrons. The first kappa shape index (κ1) is 28.8. The van der Waals surface area contributed by atoms with Gasteiger partial charge in [0.2, 0.25) is 0 Å². The van der Waals surface area contributed by atoms with Crippen LogP contribution in [0, 0.1) is 11.8 Å². The van der Waals surface area contributed by atoms with Gasteiger partial charge in [-0.15, -0.1) is 0 Å². The third-order valence-corrected chi connectivity index (χ3v) is 16.5. The molecule has 2 N–H and O–H groups in total. The van der Waals surface area contributed by atoms with Gasteiger partial charge < -0.3 is 19.3 Å². The molecule has 4 atom stereocenters. The van der Waals surface area contributed by atoms with Gasteiger partial charge in [-0.2, -0.15) is 4.98 Å². The van der Waals surface area contributed by atoms with Crippen molar-refractivity contribution in [2.75, 3.05) is 5.73 Å². The van der Waals surface area contributed by atoms with Crippen molar-refractivity contribution in [1.82, 2.24) is 9.55 Å². The van der Waals surface area contributed by atoms with E-state index in [9.17, 15) is 4.79 Å². The van der Waals surface area contributed by atoms with E-state index in [1.165, 1.54) is 4.57 Å². The zero-order valence-corrected chi connectivity index (χ0v) is 25.2. The number of rotatable bonds is 5. The molecule has 192 valence electrons. The Morgan fingerprint density at radius 2 is 1.56 bits per heavy atom. The second-order valence-electron chi connectivity index (χ2n) is 12.3. The van der Waals surface area contributed by atoms with Gasteiger partial charge in [-0.3, -0.25) is 4.57 Å². The highest BCUT2D eigenvalue weighted by atomic mass is 28.4. The summed E-state index contributed by atoms with van der Waals surface area (Å²) in [5, 5.41) is 0.00181. The largest absolute Gasteiger partial charge is 0.409 e. The summed E-state index contributed by atoms with van der Waals surface area (Å²) in [6, 6.07) is 0. The number of hydrogen-bond donors (Lipinski definition) is 1. The Morgan fingerprint density at radius 3 is 2.03 bits per heavy atom. The third kappa shape index (κ3) is 6.02. The van der Waals surface area contributed by atoms with Crippen LogP contribution in [0.1, 0.15) is 73.6 Å². The van der Waals surface area contributed by atoms with Gasteiger partial charge in [-0.25, -0.2) is 4.79 Å². The first-order valence-electron chi connectivity index (χ1n) is 12.2. The minimum absolute atomic E-state index is 0.0208. The van der Waals surface area contributed by atoms with Crippen LogP contribution in [0.4, 0.5) is 5.82 Å². The van der Waals surface area contributed by atoms with Gasteiger partial charge in [0.05, 0.1) is 11.7 Å². The molecule has 1 aliphatic rings. The lowest BCUT2D eigenvalue weighted by Gasteiger charge is -2.44. The first-order chi connectivity index (χ1) is 15.3. The zero-order chi connectivity index (χ0) is 26.3. The first-order valence-corrected chi connectivity index (χ1v) is 18.0. The minimum Gasteiger partial charge on any atom is -0.409 e. The maximum Gasteiger partial charge on any atom is 0.351 e. The molecule has 2 rings (SSSR count). The summed E-state index contributed by atoms with van der Waals surface area (Å²) in [7, 11) is -4.38. The summed E-state index contributed by atoms with van der Waals surface area (Å²) in [6.45, 7) is 26.1. The molecule has 34 heavy (non-hydrogen) atoms. The molecule has 0 aromatic carbocycles. The maximum absolute atomic E-state index is 13.0. The highest BCUT2D eigenvalue weighted by Crippen LogP contribution is 2.45. The number of nitrogen functional groups attached to an aromatic ring is 1. The second kappa shape index (κ2) is 9.90. The van der Waals surface area contributed by atoms with Crippen LogP contribution < -0.4 is 11.4 Å². The van der Waals surface area contributed by atoms with E-state index >= 15 is 0 Å². The molecule has 7 nitrogen and oxygen atoms in total. The van der Waals surface area contributed by atoms with Crippen molar-refractivity contribution in [1.29, 1.82) is 0 Å². The van der Waals surface area contributed by atoms with Crippen molar-refractivity contribution in [2.24, 2.45) is 0 Å². The third-order valence-electron chi connectivity index (χ3n) is 7.55. The van der Waals surface area contributed by atoms with Crippen molar-refractivity contribution < 1.29 is 13.6 Å². The number of nitrogens with zero attached hydrogens (tertiary/aromatic N) is 2. The van der Waals surface area contributed by atoms with E-state index in [0.717, 1.165) is 0 Å². The molecule has 1 saturated heterocycles. The van der Waals surface area contributed by atoms with E-state index in [-0.39, 0.29) is 28.1 Å². The number of anilines is 1. The van der Waals surface area contributed by atoms with E-state index in [4.69, 9.17) is 19.3 Å². The quantitative estimate of drug-likeness (QED) is 0.430. The van der Waals surface area contributed by atoms with Crippen molar-refractivity contribution in [3.05, 3.63) is 22.2 Å².